The van der Waals surface area contributed by atoms with E-state index in [4.69, 9.17) is 0 Å². The van der Waals surface area contributed by atoms with Crippen molar-refractivity contribution in [2.45, 2.75) is 13.8 Å². The molecule has 3 N–H and O–H groups in total. The zero-order chi connectivity index (χ0) is 26.5. The van der Waals surface area contributed by atoms with E-state index in [0.29, 0.717) is 16.9 Å². The highest BCUT2D eigenvalue weighted by molar-refractivity contribution is 6.32. The van der Waals surface area contributed by atoms with Crippen LogP contribution in [0.25, 0.3) is 0 Å². The van der Waals surface area contributed by atoms with Crippen LogP contribution in [0.3, 0.4) is 0 Å². The highest BCUT2D eigenvalue weighted by Crippen LogP contribution is 2.20. The van der Waals surface area contributed by atoms with Crippen molar-refractivity contribution in [1.82, 2.24) is 10.7 Å². The number of anilines is 2. The predicted molar refractivity (Wildman–Crippen MR) is 137 cm³/mol. The average molecular weight is 498 g/mol. The van der Waals surface area contributed by atoms with Crippen LogP contribution >= 0.6 is 0 Å². The van der Waals surface area contributed by atoms with E-state index in [2.05, 4.69) is 21.2 Å². The normalized spacial score (nSPS) is 15.5. The second-order valence-corrected chi connectivity index (χ2v) is 8.40. The molecule has 37 heavy (non-hydrogen) atoms. The molecule has 3 aromatic carbocycles. The molecule has 0 aromatic heterocycles. The molecule has 10 nitrogen and oxygen atoms in total. The van der Waals surface area contributed by atoms with Crippen molar-refractivity contribution in [1.29, 1.82) is 0 Å². The first-order valence-corrected chi connectivity index (χ1v) is 11.3. The SMILES string of the molecule is Cc1ccc(C(=O)Nc2ccc(C(=O)N/N=C\[C@H]3C(=O)NC(=O)N(c4ccc(C)cc4)C3=O)cc2)cc1. The van der Waals surface area contributed by atoms with Gasteiger partial charge in [-0.25, -0.2) is 15.1 Å². The molecule has 0 bridgehead atoms. The van der Waals surface area contributed by atoms with Crippen molar-refractivity contribution in [3.8, 4) is 0 Å². The maximum Gasteiger partial charge on any atom is 0.335 e. The Balaban J connectivity index is 1.37. The van der Waals surface area contributed by atoms with Crippen molar-refractivity contribution < 1.29 is 24.0 Å². The standard InChI is InChI=1S/C27H23N5O5/c1-16-3-7-18(8-4-16)23(33)29-20-11-9-19(10-12-20)24(34)31-28-15-22-25(35)30-27(37)32(26(22)36)21-13-5-17(2)6-14-21/h3-15,22H,1-2H3,(H,29,33)(H,31,34)(H,30,35,37)/b28-15-/t22-/m0/s1. The summed E-state index contributed by atoms with van der Waals surface area (Å²) in [5.41, 5.74) is 5.78. The number of nitrogens with one attached hydrogen (secondary N) is 3. The number of hydrazone groups is 1. The lowest BCUT2D eigenvalue weighted by Crippen LogP contribution is -2.58. The Morgan fingerprint density at radius 3 is 1.97 bits per heavy atom. The molecule has 10 heteroatoms. The van der Waals surface area contributed by atoms with Crippen LogP contribution in [0.5, 0.6) is 0 Å². The highest BCUT2D eigenvalue weighted by Gasteiger charge is 2.40. The van der Waals surface area contributed by atoms with Crippen LogP contribution in [0.1, 0.15) is 31.8 Å². The molecule has 1 aliphatic rings. The zero-order valence-electron chi connectivity index (χ0n) is 20.0. The van der Waals surface area contributed by atoms with Crippen molar-refractivity contribution in [2.75, 3.05) is 10.2 Å². The Morgan fingerprint density at radius 2 is 1.35 bits per heavy atom. The Hall–Kier alpha value is -5.12. The summed E-state index contributed by atoms with van der Waals surface area (Å²) < 4.78 is 0. The number of aryl methyl sites for hydroxylation is 2. The Labute approximate surface area is 212 Å². The van der Waals surface area contributed by atoms with Crippen LogP contribution in [-0.4, -0.2) is 35.9 Å². The number of hydrogen-bond donors (Lipinski definition) is 3. The molecule has 1 atom stereocenters. The van der Waals surface area contributed by atoms with Gasteiger partial charge < -0.3 is 5.32 Å². The van der Waals surface area contributed by atoms with Crippen molar-refractivity contribution in [3.05, 3.63) is 95.1 Å². The van der Waals surface area contributed by atoms with Gasteiger partial charge in [-0.3, -0.25) is 24.5 Å². The molecule has 0 aliphatic carbocycles. The average Bonchev–Trinajstić information content (AvgIpc) is 2.87. The Kier molecular flexibility index (Phi) is 7.19. The van der Waals surface area contributed by atoms with Crippen LogP contribution in [0.4, 0.5) is 16.2 Å². The van der Waals surface area contributed by atoms with Gasteiger partial charge in [0.25, 0.3) is 17.7 Å². The lowest BCUT2D eigenvalue weighted by Gasteiger charge is -2.28. The van der Waals surface area contributed by atoms with E-state index in [9.17, 15) is 24.0 Å². The summed E-state index contributed by atoms with van der Waals surface area (Å²) in [5.74, 6) is -3.91. The van der Waals surface area contributed by atoms with E-state index in [-0.39, 0.29) is 11.5 Å². The van der Waals surface area contributed by atoms with Gasteiger partial charge in [0.05, 0.1) is 5.69 Å². The van der Waals surface area contributed by atoms with Gasteiger partial charge in [0.15, 0.2) is 5.92 Å². The van der Waals surface area contributed by atoms with Crippen molar-refractivity contribution >= 4 is 47.2 Å². The molecule has 0 unspecified atom stereocenters. The number of urea groups is 1. The zero-order valence-corrected chi connectivity index (χ0v) is 20.0. The van der Waals surface area contributed by atoms with Crippen LogP contribution < -0.4 is 21.0 Å². The summed E-state index contributed by atoms with van der Waals surface area (Å²) in [6, 6.07) is 19.0. The molecule has 4 rings (SSSR count). The minimum absolute atomic E-state index is 0.237. The maximum absolute atomic E-state index is 12.8. The summed E-state index contributed by atoms with van der Waals surface area (Å²) in [6.07, 6.45) is 0.972. The van der Waals surface area contributed by atoms with E-state index in [1.54, 1.807) is 48.5 Å². The van der Waals surface area contributed by atoms with Gasteiger partial charge in [-0.15, -0.1) is 0 Å². The Morgan fingerprint density at radius 1 is 0.811 bits per heavy atom. The number of imide groups is 2. The molecule has 0 saturated carbocycles. The van der Waals surface area contributed by atoms with Gasteiger partial charge in [-0.2, -0.15) is 5.10 Å². The number of barbiturate groups is 1. The van der Waals surface area contributed by atoms with Crippen molar-refractivity contribution in [2.24, 2.45) is 11.0 Å². The molecule has 3 aromatic rings. The molecule has 1 fully saturated rings. The first kappa shape index (κ1) is 25.0. The molecule has 1 saturated heterocycles. The fourth-order valence-corrected chi connectivity index (χ4v) is 3.51. The second-order valence-electron chi connectivity index (χ2n) is 8.40. The molecule has 0 radical (unpaired) electrons. The summed E-state index contributed by atoms with van der Waals surface area (Å²) in [7, 11) is 0. The van der Waals surface area contributed by atoms with Crippen LogP contribution in [-0.2, 0) is 9.59 Å². The first-order valence-electron chi connectivity index (χ1n) is 11.3. The fourth-order valence-electron chi connectivity index (χ4n) is 3.51. The van der Waals surface area contributed by atoms with E-state index in [1.807, 2.05) is 26.0 Å². The summed E-state index contributed by atoms with van der Waals surface area (Å²) in [6.45, 7) is 3.79. The van der Waals surface area contributed by atoms with Crippen LogP contribution in [0.15, 0.2) is 77.9 Å². The third-order valence-corrected chi connectivity index (χ3v) is 5.60. The minimum atomic E-state index is -1.40. The number of hydrogen-bond acceptors (Lipinski definition) is 6. The molecule has 186 valence electrons. The van der Waals surface area contributed by atoms with Gasteiger partial charge in [-0.1, -0.05) is 35.4 Å². The van der Waals surface area contributed by atoms with Gasteiger partial charge >= 0.3 is 6.03 Å². The second kappa shape index (κ2) is 10.6. The third-order valence-electron chi connectivity index (χ3n) is 5.60. The number of rotatable bonds is 6. The molecule has 1 aliphatic heterocycles. The van der Waals surface area contributed by atoms with E-state index in [0.717, 1.165) is 22.2 Å². The highest BCUT2D eigenvalue weighted by atomic mass is 16.2. The molecule has 1 heterocycles. The van der Waals surface area contributed by atoms with Gasteiger partial charge in [-0.05, 0) is 62.4 Å². The molecular formula is C27H23N5O5. The van der Waals surface area contributed by atoms with E-state index < -0.39 is 29.7 Å². The van der Waals surface area contributed by atoms with Crippen molar-refractivity contribution in [3.63, 3.8) is 0 Å². The number of amides is 6. The van der Waals surface area contributed by atoms with Gasteiger partial charge in [0, 0.05) is 23.0 Å². The predicted octanol–water partition coefficient (Wildman–Crippen LogP) is 3.17. The monoisotopic (exact) mass is 497 g/mol. The lowest BCUT2D eigenvalue weighted by atomic mass is 10.1. The summed E-state index contributed by atoms with van der Waals surface area (Å²) in [5, 5.41) is 8.61. The first-order chi connectivity index (χ1) is 17.7. The number of benzene rings is 3. The number of carbonyl (C=O) groups is 5. The quantitative estimate of drug-likeness (QED) is 0.273. The summed E-state index contributed by atoms with van der Waals surface area (Å²) in [4.78, 5) is 62.9. The maximum atomic E-state index is 12.8. The topological polar surface area (TPSA) is 137 Å². The minimum Gasteiger partial charge on any atom is -0.322 e. The smallest absolute Gasteiger partial charge is 0.322 e. The molecule has 6 amide bonds. The molecular weight excluding hydrogens is 474 g/mol. The lowest BCUT2D eigenvalue weighted by molar-refractivity contribution is -0.131. The third kappa shape index (κ3) is 5.76. The van der Waals surface area contributed by atoms with Gasteiger partial charge in [0.2, 0.25) is 5.91 Å². The largest absolute Gasteiger partial charge is 0.335 e. The van der Waals surface area contributed by atoms with Gasteiger partial charge in [0.1, 0.15) is 0 Å². The summed E-state index contributed by atoms with van der Waals surface area (Å²) >= 11 is 0. The number of nitrogens with zero attached hydrogens (tertiary/aromatic N) is 2. The fraction of sp³-hybridized carbons (Fsp3) is 0.111. The Bertz CT molecular complexity index is 1400. The number of carbonyl (C=O) groups excluding carboxylic acids is 5. The van der Waals surface area contributed by atoms with Crippen LogP contribution in [0, 0.1) is 19.8 Å². The van der Waals surface area contributed by atoms with E-state index in [1.165, 1.54) is 12.1 Å². The molecule has 0 spiro atoms. The van der Waals surface area contributed by atoms with E-state index >= 15 is 0 Å². The van der Waals surface area contributed by atoms with Crippen LogP contribution in [0.2, 0.25) is 0 Å².